The average molecular weight is 277 g/mol. The SMILES string of the molecule is CCCC1OC(=O)C(C)N1C(=O)OCc1ccccc1. The maximum atomic E-state index is 12.1. The summed E-state index contributed by atoms with van der Waals surface area (Å²) in [7, 11) is 0. The van der Waals surface area contributed by atoms with Crippen molar-refractivity contribution in [3.8, 4) is 0 Å². The van der Waals surface area contributed by atoms with Crippen LogP contribution in [0.1, 0.15) is 32.3 Å². The Kier molecular flexibility index (Phi) is 4.61. The molecule has 0 bridgehead atoms. The van der Waals surface area contributed by atoms with Crippen molar-refractivity contribution >= 4 is 12.1 Å². The van der Waals surface area contributed by atoms with E-state index in [2.05, 4.69) is 0 Å². The molecule has 0 aliphatic carbocycles. The highest BCUT2D eigenvalue weighted by atomic mass is 16.6. The van der Waals surface area contributed by atoms with Crippen LogP contribution < -0.4 is 0 Å². The van der Waals surface area contributed by atoms with Gasteiger partial charge in [-0.2, -0.15) is 0 Å². The lowest BCUT2D eigenvalue weighted by Gasteiger charge is -2.23. The summed E-state index contributed by atoms with van der Waals surface area (Å²) in [4.78, 5) is 25.1. The Morgan fingerprint density at radius 3 is 2.70 bits per heavy atom. The minimum atomic E-state index is -0.588. The van der Waals surface area contributed by atoms with Crippen LogP contribution in [0.15, 0.2) is 30.3 Å². The Bertz CT molecular complexity index is 474. The third kappa shape index (κ3) is 3.10. The van der Waals surface area contributed by atoms with E-state index in [1.54, 1.807) is 6.92 Å². The fourth-order valence-corrected chi connectivity index (χ4v) is 2.17. The predicted molar refractivity (Wildman–Crippen MR) is 72.7 cm³/mol. The number of hydrogen-bond donors (Lipinski definition) is 0. The first-order valence-corrected chi connectivity index (χ1v) is 6.83. The van der Waals surface area contributed by atoms with Crippen molar-refractivity contribution < 1.29 is 19.1 Å². The molecule has 1 heterocycles. The van der Waals surface area contributed by atoms with E-state index in [-0.39, 0.29) is 12.6 Å². The number of amides is 1. The van der Waals surface area contributed by atoms with Gasteiger partial charge < -0.3 is 9.47 Å². The zero-order chi connectivity index (χ0) is 14.5. The summed E-state index contributed by atoms with van der Waals surface area (Å²) in [6, 6.07) is 8.84. The van der Waals surface area contributed by atoms with Gasteiger partial charge in [0.15, 0.2) is 6.23 Å². The number of nitrogens with zero attached hydrogens (tertiary/aromatic N) is 1. The van der Waals surface area contributed by atoms with Crippen LogP contribution in [-0.4, -0.2) is 29.2 Å². The van der Waals surface area contributed by atoms with Crippen molar-refractivity contribution in [2.45, 2.75) is 45.6 Å². The molecule has 0 spiro atoms. The molecule has 1 fully saturated rings. The average Bonchev–Trinajstić information content (AvgIpc) is 2.73. The third-order valence-corrected chi connectivity index (χ3v) is 3.27. The topological polar surface area (TPSA) is 55.8 Å². The molecule has 0 saturated carbocycles. The van der Waals surface area contributed by atoms with Gasteiger partial charge in [-0.1, -0.05) is 43.7 Å². The largest absolute Gasteiger partial charge is 0.444 e. The maximum Gasteiger partial charge on any atom is 0.413 e. The van der Waals surface area contributed by atoms with Crippen LogP contribution in [0.2, 0.25) is 0 Å². The zero-order valence-corrected chi connectivity index (χ0v) is 11.7. The number of hydrogen-bond acceptors (Lipinski definition) is 4. The predicted octanol–water partition coefficient (Wildman–Crippen LogP) is 2.70. The minimum absolute atomic E-state index is 0.190. The van der Waals surface area contributed by atoms with E-state index in [1.807, 2.05) is 37.3 Å². The van der Waals surface area contributed by atoms with Crippen LogP contribution in [-0.2, 0) is 20.9 Å². The zero-order valence-electron chi connectivity index (χ0n) is 11.7. The minimum Gasteiger partial charge on any atom is -0.444 e. The molecular formula is C15H19NO4. The fourth-order valence-electron chi connectivity index (χ4n) is 2.17. The van der Waals surface area contributed by atoms with E-state index in [4.69, 9.17) is 9.47 Å². The summed E-state index contributed by atoms with van der Waals surface area (Å²) < 4.78 is 10.4. The summed E-state index contributed by atoms with van der Waals surface area (Å²) >= 11 is 0. The molecule has 108 valence electrons. The summed E-state index contributed by atoms with van der Waals surface area (Å²) in [6.45, 7) is 3.82. The monoisotopic (exact) mass is 277 g/mol. The summed E-state index contributed by atoms with van der Waals surface area (Å²) in [6.07, 6.45) is 0.431. The molecule has 5 heteroatoms. The first kappa shape index (κ1) is 14.4. The quantitative estimate of drug-likeness (QED) is 0.794. The second kappa shape index (κ2) is 6.41. The molecule has 20 heavy (non-hydrogen) atoms. The first-order valence-electron chi connectivity index (χ1n) is 6.83. The van der Waals surface area contributed by atoms with Crippen LogP contribution in [0, 0.1) is 0 Å². The highest BCUT2D eigenvalue weighted by molar-refractivity contribution is 5.84. The Balaban J connectivity index is 1.98. The normalized spacial score (nSPS) is 21.7. The molecule has 2 unspecified atom stereocenters. The van der Waals surface area contributed by atoms with Crippen LogP contribution in [0.25, 0.3) is 0 Å². The van der Waals surface area contributed by atoms with Gasteiger partial charge in [0.1, 0.15) is 12.6 Å². The molecule has 0 radical (unpaired) electrons. The summed E-state index contributed by atoms with van der Waals surface area (Å²) in [5.74, 6) is -0.375. The maximum absolute atomic E-state index is 12.1. The first-order chi connectivity index (χ1) is 9.63. The molecule has 2 rings (SSSR count). The molecule has 1 amide bonds. The van der Waals surface area contributed by atoms with E-state index in [1.165, 1.54) is 4.90 Å². The number of carbonyl (C=O) groups excluding carboxylic acids is 2. The van der Waals surface area contributed by atoms with Crippen LogP contribution in [0.4, 0.5) is 4.79 Å². The van der Waals surface area contributed by atoms with E-state index in [0.717, 1.165) is 12.0 Å². The molecule has 0 N–H and O–H groups in total. The molecule has 5 nitrogen and oxygen atoms in total. The lowest BCUT2D eigenvalue weighted by Crippen LogP contribution is -2.41. The Hall–Kier alpha value is -2.04. The number of rotatable bonds is 4. The third-order valence-electron chi connectivity index (χ3n) is 3.27. The second-order valence-corrected chi connectivity index (χ2v) is 4.80. The lowest BCUT2D eigenvalue weighted by molar-refractivity contribution is -0.142. The fraction of sp³-hybridized carbons (Fsp3) is 0.467. The lowest BCUT2D eigenvalue weighted by atomic mass is 10.2. The second-order valence-electron chi connectivity index (χ2n) is 4.80. The number of benzene rings is 1. The molecule has 0 aromatic heterocycles. The van der Waals surface area contributed by atoms with Gasteiger partial charge >= 0.3 is 12.1 Å². The number of cyclic esters (lactones) is 1. The molecule has 1 aromatic rings. The van der Waals surface area contributed by atoms with Crippen molar-refractivity contribution in [3.63, 3.8) is 0 Å². The van der Waals surface area contributed by atoms with Gasteiger partial charge in [0.2, 0.25) is 0 Å². The van der Waals surface area contributed by atoms with Gasteiger partial charge in [0, 0.05) is 6.42 Å². The standard InChI is InChI=1S/C15H19NO4/c1-3-7-13-16(11(2)14(17)20-13)15(18)19-10-12-8-5-4-6-9-12/h4-6,8-9,11,13H,3,7,10H2,1-2H3. The molecule has 2 atom stereocenters. The molecule has 1 aliphatic rings. The number of ether oxygens (including phenoxy) is 2. The highest BCUT2D eigenvalue weighted by Gasteiger charge is 2.42. The van der Waals surface area contributed by atoms with Crippen molar-refractivity contribution in [2.75, 3.05) is 0 Å². The molecular weight excluding hydrogens is 258 g/mol. The Morgan fingerprint density at radius 2 is 2.05 bits per heavy atom. The van der Waals surface area contributed by atoms with Crippen LogP contribution in [0.3, 0.4) is 0 Å². The van der Waals surface area contributed by atoms with Crippen molar-refractivity contribution in [1.82, 2.24) is 4.90 Å². The van der Waals surface area contributed by atoms with Gasteiger partial charge in [-0.3, -0.25) is 4.90 Å². The van der Waals surface area contributed by atoms with Gasteiger partial charge in [-0.25, -0.2) is 9.59 Å². The number of carbonyl (C=O) groups is 2. The Labute approximate surface area is 118 Å². The number of esters is 1. The van der Waals surface area contributed by atoms with Gasteiger partial charge in [-0.15, -0.1) is 0 Å². The molecule has 1 aliphatic heterocycles. The molecule has 1 aromatic carbocycles. The van der Waals surface area contributed by atoms with Gasteiger partial charge in [-0.05, 0) is 12.5 Å². The van der Waals surface area contributed by atoms with E-state index < -0.39 is 18.4 Å². The highest BCUT2D eigenvalue weighted by Crippen LogP contribution is 2.23. The Morgan fingerprint density at radius 1 is 1.35 bits per heavy atom. The molecule has 1 saturated heterocycles. The van der Waals surface area contributed by atoms with Crippen LogP contribution in [0.5, 0.6) is 0 Å². The van der Waals surface area contributed by atoms with Crippen LogP contribution >= 0.6 is 0 Å². The van der Waals surface area contributed by atoms with Gasteiger partial charge in [0.05, 0.1) is 0 Å². The van der Waals surface area contributed by atoms with E-state index in [9.17, 15) is 9.59 Å². The summed E-state index contributed by atoms with van der Waals surface area (Å²) in [5.41, 5.74) is 0.909. The van der Waals surface area contributed by atoms with E-state index in [0.29, 0.717) is 6.42 Å². The van der Waals surface area contributed by atoms with Crippen molar-refractivity contribution in [3.05, 3.63) is 35.9 Å². The van der Waals surface area contributed by atoms with Crippen molar-refractivity contribution in [1.29, 1.82) is 0 Å². The summed E-state index contributed by atoms with van der Waals surface area (Å²) in [5, 5.41) is 0. The van der Waals surface area contributed by atoms with Gasteiger partial charge in [0.25, 0.3) is 0 Å². The smallest absolute Gasteiger partial charge is 0.413 e. The van der Waals surface area contributed by atoms with E-state index >= 15 is 0 Å². The van der Waals surface area contributed by atoms with Crippen molar-refractivity contribution in [2.24, 2.45) is 0 Å².